The maximum atomic E-state index is 12.0. The van der Waals surface area contributed by atoms with Crippen molar-refractivity contribution >= 4 is 0 Å². The van der Waals surface area contributed by atoms with Gasteiger partial charge in [-0.25, -0.2) is 0 Å². The molecular weight excluding hydrogens is 248 g/mol. The van der Waals surface area contributed by atoms with Crippen LogP contribution < -0.4 is 0 Å². The Morgan fingerprint density at radius 2 is 1.53 bits per heavy atom. The highest BCUT2D eigenvalue weighted by Crippen LogP contribution is 2.14. The van der Waals surface area contributed by atoms with Gasteiger partial charge in [-0.15, -0.1) is 9.85 Å². The number of nitrogens with zero attached hydrogens (tertiary/aromatic N) is 2. The molecule has 0 amide bonds. The van der Waals surface area contributed by atoms with E-state index in [1.54, 1.807) is 0 Å². The van der Waals surface area contributed by atoms with Crippen LogP contribution in [0.1, 0.15) is 71.6 Å². The van der Waals surface area contributed by atoms with E-state index in [2.05, 4.69) is 24.1 Å². The first-order valence-corrected chi connectivity index (χ1v) is 7.43. The molecule has 0 rings (SSSR count). The van der Waals surface area contributed by atoms with Gasteiger partial charge in [0.15, 0.2) is 6.54 Å². The largest absolute Gasteiger partial charge is 0.553 e. The minimum atomic E-state index is -1.40. The van der Waals surface area contributed by atoms with Crippen LogP contribution >= 0.6 is 0 Å². The molecule has 6 nitrogen and oxygen atoms in total. The van der Waals surface area contributed by atoms with Crippen LogP contribution in [-0.2, 0) is 9.78 Å². The average molecular weight is 276 g/mol. The van der Waals surface area contributed by atoms with Gasteiger partial charge in [-0.2, -0.15) is 4.84 Å². The third-order valence-corrected chi connectivity index (χ3v) is 2.98. The van der Waals surface area contributed by atoms with Gasteiger partial charge in [-0.3, -0.25) is 0 Å². The molecule has 0 aliphatic carbocycles. The maximum Gasteiger partial charge on any atom is 0.217 e. The zero-order valence-corrected chi connectivity index (χ0v) is 12.3. The van der Waals surface area contributed by atoms with Crippen LogP contribution in [0.25, 0.3) is 0 Å². The predicted molar refractivity (Wildman–Crippen MR) is 74.2 cm³/mol. The Morgan fingerprint density at radius 1 is 0.947 bits per heavy atom. The van der Waals surface area contributed by atoms with Crippen molar-refractivity contribution in [1.29, 1.82) is 0 Å². The van der Waals surface area contributed by atoms with Crippen molar-refractivity contribution in [2.75, 3.05) is 13.2 Å². The SMILES string of the molecule is CCCCCCCC[N+]([O-])(OCCCCC)ON=O. The molecule has 19 heavy (non-hydrogen) atoms. The Morgan fingerprint density at radius 3 is 2.16 bits per heavy atom. The fourth-order valence-corrected chi connectivity index (χ4v) is 1.82. The van der Waals surface area contributed by atoms with E-state index in [1.165, 1.54) is 19.3 Å². The third-order valence-electron chi connectivity index (χ3n) is 2.98. The zero-order chi connectivity index (χ0) is 14.4. The minimum Gasteiger partial charge on any atom is -0.553 e. The van der Waals surface area contributed by atoms with Crippen molar-refractivity contribution in [1.82, 2.24) is 0 Å². The van der Waals surface area contributed by atoms with Crippen LogP contribution in [0.3, 0.4) is 0 Å². The first kappa shape index (κ1) is 18.3. The fraction of sp³-hybridized carbons (Fsp3) is 1.00. The van der Waals surface area contributed by atoms with Gasteiger partial charge in [-0.1, -0.05) is 52.4 Å². The Balaban J connectivity index is 3.77. The van der Waals surface area contributed by atoms with E-state index in [-0.39, 0.29) is 6.54 Å². The van der Waals surface area contributed by atoms with E-state index in [9.17, 15) is 10.1 Å². The van der Waals surface area contributed by atoms with Gasteiger partial charge in [0.1, 0.15) is 6.61 Å². The van der Waals surface area contributed by atoms with Crippen LogP contribution in [0.2, 0.25) is 0 Å². The second kappa shape index (κ2) is 12.3. The quantitative estimate of drug-likeness (QED) is 0.204. The van der Waals surface area contributed by atoms with Crippen molar-refractivity contribution in [2.45, 2.75) is 71.6 Å². The second-order valence-corrected chi connectivity index (χ2v) is 4.80. The molecule has 0 aromatic rings. The highest BCUT2D eigenvalue weighted by molar-refractivity contribution is 4.43. The summed E-state index contributed by atoms with van der Waals surface area (Å²) >= 11 is 0. The van der Waals surface area contributed by atoms with Gasteiger partial charge < -0.3 is 5.21 Å². The van der Waals surface area contributed by atoms with Crippen LogP contribution in [0.15, 0.2) is 5.34 Å². The number of quaternary nitrogens is 1. The van der Waals surface area contributed by atoms with Gasteiger partial charge in [0.2, 0.25) is 5.34 Å². The van der Waals surface area contributed by atoms with E-state index in [0.29, 0.717) is 13.0 Å². The van der Waals surface area contributed by atoms with E-state index in [4.69, 9.17) is 4.84 Å². The normalized spacial score (nSPS) is 14.1. The highest BCUT2D eigenvalue weighted by atomic mass is 17.2. The summed E-state index contributed by atoms with van der Waals surface area (Å²) in [4.78, 5) is 18.0. The molecule has 0 heterocycles. The van der Waals surface area contributed by atoms with Gasteiger partial charge in [-0.05, 0) is 12.8 Å². The molecule has 6 heteroatoms. The van der Waals surface area contributed by atoms with E-state index < -0.39 is 4.97 Å². The number of hydrogen-bond acceptors (Lipinski definition) is 5. The first-order valence-electron chi connectivity index (χ1n) is 7.43. The minimum absolute atomic E-state index is 0.115. The first-order chi connectivity index (χ1) is 9.18. The molecule has 0 fully saturated rings. The summed E-state index contributed by atoms with van der Waals surface area (Å²) in [6.45, 7) is 4.64. The maximum absolute atomic E-state index is 12.0. The molecule has 114 valence electrons. The van der Waals surface area contributed by atoms with Gasteiger partial charge in [0, 0.05) is 11.4 Å². The molecule has 0 aromatic heterocycles. The summed E-state index contributed by atoms with van der Waals surface area (Å²) in [5.74, 6) is 0. The van der Waals surface area contributed by atoms with Crippen LogP contribution in [0.4, 0.5) is 0 Å². The Labute approximate surface area is 116 Å². The lowest BCUT2D eigenvalue weighted by Crippen LogP contribution is -2.41. The third kappa shape index (κ3) is 10.9. The molecule has 0 N–H and O–H groups in total. The Kier molecular flexibility index (Phi) is 11.9. The summed E-state index contributed by atoms with van der Waals surface area (Å²) in [6, 6.07) is 0. The molecule has 0 spiro atoms. The summed E-state index contributed by atoms with van der Waals surface area (Å²) < 4.78 is 0. The Hall–Kier alpha value is -0.720. The molecule has 0 saturated heterocycles. The molecule has 0 aliphatic heterocycles. The molecular formula is C13H28N2O4. The van der Waals surface area contributed by atoms with E-state index in [1.807, 2.05) is 0 Å². The fourth-order valence-electron chi connectivity index (χ4n) is 1.82. The van der Waals surface area contributed by atoms with Crippen LogP contribution in [-0.4, -0.2) is 18.1 Å². The molecule has 0 radical (unpaired) electrons. The second-order valence-electron chi connectivity index (χ2n) is 4.80. The molecule has 0 saturated carbocycles. The van der Waals surface area contributed by atoms with Gasteiger partial charge in [0.05, 0.1) is 0 Å². The lowest BCUT2D eigenvalue weighted by molar-refractivity contribution is -1.22. The summed E-state index contributed by atoms with van der Waals surface area (Å²) in [5, 5.41) is 14.2. The molecule has 0 bridgehead atoms. The van der Waals surface area contributed by atoms with Crippen molar-refractivity contribution in [3.8, 4) is 0 Å². The standard InChI is InChI=1S/C13H28N2O4/c1-3-5-7-8-9-10-12-15(17,19-14-16)18-13-11-6-4-2/h3-13H2,1-2H3. The summed E-state index contributed by atoms with van der Waals surface area (Å²) in [7, 11) is 0. The summed E-state index contributed by atoms with van der Waals surface area (Å²) in [5.41, 5.74) is 0. The molecule has 0 aromatic carbocycles. The van der Waals surface area contributed by atoms with Crippen molar-refractivity contribution in [3.05, 3.63) is 10.1 Å². The monoisotopic (exact) mass is 276 g/mol. The Bertz CT molecular complexity index is 217. The van der Waals surface area contributed by atoms with Crippen LogP contribution in [0, 0.1) is 10.1 Å². The lowest BCUT2D eigenvalue weighted by atomic mass is 10.1. The van der Waals surface area contributed by atoms with Crippen molar-refractivity contribution in [2.24, 2.45) is 5.34 Å². The van der Waals surface area contributed by atoms with Crippen molar-refractivity contribution < 1.29 is 14.7 Å². The smallest absolute Gasteiger partial charge is 0.217 e. The van der Waals surface area contributed by atoms with E-state index in [0.717, 1.165) is 32.1 Å². The molecule has 0 aliphatic rings. The predicted octanol–water partition coefficient (Wildman–Crippen LogP) is 4.40. The average Bonchev–Trinajstić information content (AvgIpc) is 2.39. The van der Waals surface area contributed by atoms with Gasteiger partial charge in [0.25, 0.3) is 0 Å². The zero-order valence-electron chi connectivity index (χ0n) is 12.3. The lowest BCUT2D eigenvalue weighted by Gasteiger charge is -2.30. The number of rotatable bonds is 14. The number of hydroxylamine groups is 3. The topological polar surface area (TPSA) is 70.9 Å². The van der Waals surface area contributed by atoms with E-state index >= 15 is 0 Å². The van der Waals surface area contributed by atoms with Crippen LogP contribution in [0.5, 0.6) is 0 Å². The number of unbranched alkanes of at least 4 members (excludes halogenated alkanes) is 7. The number of hydrogen-bond donors (Lipinski definition) is 0. The van der Waals surface area contributed by atoms with Crippen molar-refractivity contribution in [3.63, 3.8) is 0 Å². The summed E-state index contributed by atoms with van der Waals surface area (Å²) in [6.07, 6.45) is 9.14. The molecule has 1 unspecified atom stereocenters. The molecule has 1 atom stereocenters. The highest BCUT2D eigenvalue weighted by Gasteiger charge is 2.22. The van der Waals surface area contributed by atoms with Gasteiger partial charge >= 0.3 is 0 Å².